The van der Waals surface area contributed by atoms with Gasteiger partial charge in [0, 0.05) is 24.7 Å². The molecule has 0 saturated carbocycles. The van der Waals surface area contributed by atoms with E-state index >= 15 is 0 Å². The molecule has 2 bridgehead atoms. The summed E-state index contributed by atoms with van der Waals surface area (Å²) in [7, 11) is 0. The average Bonchev–Trinajstić information content (AvgIpc) is 2.33. The van der Waals surface area contributed by atoms with Crippen molar-refractivity contribution in [3.8, 4) is 0 Å². The van der Waals surface area contributed by atoms with E-state index in [-0.39, 0.29) is 0 Å². The number of rotatable bonds is 0. The first-order valence-electron chi connectivity index (χ1n) is 6.07. The molecule has 1 fully saturated rings. The summed E-state index contributed by atoms with van der Waals surface area (Å²) in [5.41, 5.74) is 3.91. The number of hydrogen-bond donors (Lipinski definition) is 0. The van der Waals surface area contributed by atoms with Crippen molar-refractivity contribution < 1.29 is 0 Å². The van der Waals surface area contributed by atoms with Crippen LogP contribution < -0.4 is 4.90 Å². The van der Waals surface area contributed by atoms with Gasteiger partial charge in [0.25, 0.3) is 0 Å². The molecule has 1 saturated heterocycles. The van der Waals surface area contributed by atoms with Crippen LogP contribution in [0.2, 0.25) is 0 Å². The van der Waals surface area contributed by atoms with Gasteiger partial charge >= 0.3 is 0 Å². The zero-order valence-corrected chi connectivity index (χ0v) is 9.95. The van der Waals surface area contributed by atoms with Crippen molar-refractivity contribution >= 4 is 5.69 Å². The van der Waals surface area contributed by atoms with Crippen LogP contribution in [0.15, 0.2) is 12.1 Å². The fourth-order valence-electron chi connectivity index (χ4n) is 2.53. The van der Waals surface area contributed by atoms with E-state index in [2.05, 4.69) is 28.9 Å². The maximum Gasteiger partial charge on any atom is 0.0672 e. The summed E-state index contributed by atoms with van der Waals surface area (Å²) < 4.78 is 0. The number of aromatic nitrogens is 1. The highest BCUT2D eigenvalue weighted by molar-refractivity contribution is 5.56. The third-order valence-electron chi connectivity index (χ3n) is 3.26. The Balaban J connectivity index is 0.000000404. The van der Waals surface area contributed by atoms with Crippen LogP contribution in [0.5, 0.6) is 0 Å². The van der Waals surface area contributed by atoms with Crippen LogP contribution in [0.3, 0.4) is 0 Å². The Hall–Kier alpha value is -1.05. The molecular weight excluding hydrogens is 184 g/mol. The van der Waals surface area contributed by atoms with E-state index in [1.807, 2.05) is 13.8 Å². The number of aryl methyl sites for hydroxylation is 1. The first kappa shape index (κ1) is 10.5. The SMILES string of the molecule is CC.Cc1ccc2c(n1)C1CCN2CC1. The number of fused-ring (bicyclic) bond motifs is 2. The van der Waals surface area contributed by atoms with Crippen LogP contribution in [-0.4, -0.2) is 18.1 Å². The van der Waals surface area contributed by atoms with Gasteiger partial charge in [-0.15, -0.1) is 0 Å². The second-order valence-corrected chi connectivity index (χ2v) is 4.12. The van der Waals surface area contributed by atoms with Crippen molar-refractivity contribution in [1.29, 1.82) is 0 Å². The zero-order valence-electron chi connectivity index (χ0n) is 9.95. The second kappa shape index (κ2) is 4.21. The van der Waals surface area contributed by atoms with E-state index in [0.29, 0.717) is 0 Å². The van der Waals surface area contributed by atoms with Crippen LogP contribution in [0.1, 0.15) is 44.0 Å². The molecule has 3 aliphatic heterocycles. The predicted octanol–water partition coefficient (Wildman–Crippen LogP) is 3.11. The van der Waals surface area contributed by atoms with Gasteiger partial charge in [-0.05, 0) is 31.9 Å². The summed E-state index contributed by atoms with van der Waals surface area (Å²) in [5.74, 6) is 0.750. The Morgan fingerprint density at radius 1 is 1.20 bits per heavy atom. The molecule has 0 N–H and O–H groups in total. The second-order valence-electron chi connectivity index (χ2n) is 4.12. The topological polar surface area (TPSA) is 16.1 Å². The fraction of sp³-hybridized carbons (Fsp3) is 0.615. The van der Waals surface area contributed by atoms with Gasteiger partial charge in [-0.3, -0.25) is 4.98 Å². The van der Waals surface area contributed by atoms with Gasteiger partial charge in [0.05, 0.1) is 11.4 Å². The highest BCUT2D eigenvalue weighted by Gasteiger charge is 2.31. The van der Waals surface area contributed by atoms with Crippen LogP contribution in [0, 0.1) is 6.92 Å². The molecule has 0 amide bonds. The molecule has 2 nitrogen and oxygen atoms in total. The number of piperidine rings is 1. The quantitative estimate of drug-likeness (QED) is 0.645. The van der Waals surface area contributed by atoms with Crippen molar-refractivity contribution in [2.75, 3.05) is 18.0 Å². The van der Waals surface area contributed by atoms with Crippen LogP contribution in [0.4, 0.5) is 5.69 Å². The minimum atomic E-state index is 0.750. The summed E-state index contributed by atoms with van der Waals surface area (Å²) in [4.78, 5) is 7.13. The minimum Gasteiger partial charge on any atom is -0.370 e. The van der Waals surface area contributed by atoms with Gasteiger partial charge in [0.2, 0.25) is 0 Å². The Morgan fingerprint density at radius 2 is 1.87 bits per heavy atom. The van der Waals surface area contributed by atoms with E-state index in [0.717, 1.165) is 11.6 Å². The molecule has 0 radical (unpaired) electrons. The van der Waals surface area contributed by atoms with E-state index in [9.17, 15) is 0 Å². The normalized spacial score (nSPS) is 18.2. The van der Waals surface area contributed by atoms with Crippen LogP contribution >= 0.6 is 0 Å². The molecule has 1 aromatic heterocycles. The predicted molar refractivity (Wildman–Crippen MR) is 64.5 cm³/mol. The highest BCUT2D eigenvalue weighted by Crippen LogP contribution is 2.40. The molecular formula is C13H20N2. The van der Waals surface area contributed by atoms with E-state index in [4.69, 9.17) is 0 Å². The Bertz CT molecular complexity index is 338. The largest absolute Gasteiger partial charge is 0.370 e. The lowest BCUT2D eigenvalue weighted by Gasteiger charge is -2.41. The highest BCUT2D eigenvalue weighted by atomic mass is 15.2. The summed E-state index contributed by atoms with van der Waals surface area (Å²) in [6.07, 6.45) is 2.62. The van der Waals surface area contributed by atoms with Crippen molar-refractivity contribution in [1.82, 2.24) is 4.98 Å². The Morgan fingerprint density at radius 3 is 2.53 bits per heavy atom. The smallest absolute Gasteiger partial charge is 0.0672 e. The minimum absolute atomic E-state index is 0.750. The maximum atomic E-state index is 4.65. The summed E-state index contributed by atoms with van der Waals surface area (Å²) in [5, 5.41) is 0. The third-order valence-corrected chi connectivity index (χ3v) is 3.26. The van der Waals surface area contributed by atoms with Gasteiger partial charge < -0.3 is 4.90 Å². The first-order valence-corrected chi connectivity index (χ1v) is 6.07. The lowest BCUT2D eigenvalue weighted by molar-refractivity contribution is 0.463. The molecule has 0 spiro atoms. The van der Waals surface area contributed by atoms with Gasteiger partial charge in [-0.1, -0.05) is 13.8 Å². The molecule has 4 heterocycles. The van der Waals surface area contributed by atoms with E-state index in [1.54, 1.807) is 0 Å². The standard InChI is InChI=1S/C11H14N2.C2H6/c1-8-2-3-10-11(12-8)9-4-6-13(10)7-5-9;1-2/h2-3,9H,4-7H2,1H3;1-2H3. The molecule has 0 aromatic carbocycles. The molecule has 82 valence electrons. The number of nitrogens with zero attached hydrogens (tertiary/aromatic N) is 2. The lowest BCUT2D eigenvalue weighted by Crippen LogP contribution is -2.39. The summed E-state index contributed by atoms with van der Waals surface area (Å²) in [6, 6.07) is 4.36. The molecule has 15 heavy (non-hydrogen) atoms. The molecule has 2 heteroatoms. The molecule has 0 atom stereocenters. The van der Waals surface area contributed by atoms with Crippen molar-refractivity contribution in [3.63, 3.8) is 0 Å². The number of pyridine rings is 1. The lowest BCUT2D eigenvalue weighted by atomic mass is 9.86. The van der Waals surface area contributed by atoms with Crippen LogP contribution in [0.25, 0.3) is 0 Å². The molecule has 1 aromatic rings. The average molecular weight is 204 g/mol. The Labute approximate surface area is 92.3 Å². The third kappa shape index (κ3) is 1.73. The van der Waals surface area contributed by atoms with E-state index in [1.165, 1.54) is 37.3 Å². The van der Waals surface area contributed by atoms with Gasteiger partial charge in [0.15, 0.2) is 0 Å². The van der Waals surface area contributed by atoms with Crippen molar-refractivity contribution in [2.45, 2.75) is 39.5 Å². The fourth-order valence-corrected chi connectivity index (χ4v) is 2.53. The van der Waals surface area contributed by atoms with Gasteiger partial charge in [0.1, 0.15) is 0 Å². The summed E-state index contributed by atoms with van der Waals surface area (Å²) >= 11 is 0. The monoisotopic (exact) mass is 204 g/mol. The number of hydrogen-bond acceptors (Lipinski definition) is 2. The Kier molecular flexibility index (Phi) is 2.94. The van der Waals surface area contributed by atoms with Crippen molar-refractivity contribution in [3.05, 3.63) is 23.5 Å². The molecule has 4 rings (SSSR count). The van der Waals surface area contributed by atoms with Crippen molar-refractivity contribution in [2.24, 2.45) is 0 Å². The molecule has 0 aliphatic carbocycles. The first-order chi connectivity index (χ1) is 7.34. The maximum absolute atomic E-state index is 4.65. The van der Waals surface area contributed by atoms with Gasteiger partial charge in [-0.25, -0.2) is 0 Å². The van der Waals surface area contributed by atoms with Crippen LogP contribution in [-0.2, 0) is 0 Å². The van der Waals surface area contributed by atoms with Gasteiger partial charge in [-0.2, -0.15) is 0 Å². The zero-order chi connectivity index (χ0) is 10.8. The number of anilines is 1. The molecule has 0 unspecified atom stereocenters. The summed E-state index contributed by atoms with van der Waals surface area (Å²) in [6.45, 7) is 8.56. The van der Waals surface area contributed by atoms with E-state index < -0.39 is 0 Å². The molecule has 3 aliphatic rings.